The van der Waals surface area contributed by atoms with Crippen LogP contribution in [0.25, 0.3) is 0 Å². The van der Waals surface area contributed by atoms with Gasteiger partial charge in [-0.15, -0.1) is 0 Å². The van der Waals surface area contributed by atoms with Gasteiger partial charge in [-0.1, -0.05) is 24.3 Å². The maximum Gasteiger partial charge on any atom is 0.191 e. The number of ether oxygens (including phenoxy) is 1. The molecular formula is C22H32N6OS. The van der Waals surface area contributed by atoms with E-state index in [9.17, 15) is 0 Å². The molecule has 2 aliphatic heterocycles. The van der Waals surface area contributed by atoms with E-state index in [1.54, 1.807) is 0 Å². The molecule has 0 saturated carbocycles. The third-order valence-corrected chi connectivity index (χ3v) is 7.26. The number of aliphatic imine (C=N–C) groups is 1. The third-order valence-electron chi connectivity index (χ3n) is 6.03. The predicted molar refractivity (Wildman–Crippen MR) is 123 cm³/mol. The second-order valence-corrected chi connectivity index (χ2v) is 8.98. The van der Waals surface area contributed by atoms with Crippen LogP contribution in [0.1, 0.15) is 17.5 Å². The van der Waals surface area contributed by atoms with E-state index >= 15 is 0 Å². The Hall–Kier alpha value is -2.03. The largest absolute Gasteiger partial charge is 0.379 e. The highest BCUT2D eigenvalue weighted by atomic mass is 32.2. The van der Waals surface area contributed by atoms with E-state index in [1.807, 2.05) is 30.2 Å². The fraction of sp³-hybridized carbons (Fsp3) is 0.545. The van der Waals surface area contributed by atoms with Crippen LogP contribution in [0.15, 0.2) is 47.7 Å². The molecule has 0 spiro atoms. The molecule has 0 aliphatic carbocycles. The van der Waals surface area contributed by atoms with Crippen molar-refractivity contribution >= 4 is 17.7 Å². The summed E-state index contributed by atoms with van der Waals surface area (Å²) in [6.45, 7) is 6.14. The molecule has 2 aliphatic rings. The summed E-state index contributed by atoms with van der Waals surface area (Å²) in [6.07, 6.45) is 5.03. The van der Waals surface area contributed by atoms with Gasteiger partial charge in [-0.3, -0.25) is 14.6 Å². The summed E-state index contributed by atoms with van der Waals surface area (Å²) in [5.74, 6) is 3.25. The van der Waals surface area contributed by atoms with Crippen molar-refractivity contribution in [2.24, 2.45) is 4.99 Å². The highest BCUT2D eigenvalue weighted by molar-refractivity contribution is 7.99. The standard InChI is InChI=1S/C22H32N6OS/c1-23-21(25-17-22(7-14-30-18-22)27-10-12-29-13-11-27)24-15-19-5-2-3-6-20(19)16-28-9-4-8-26-28/h2-6,8-9H,7,10-18H2,1H3,(H2,23,24,25). The summed E-state index contributed by atoms with van der Waals surface area (Å²) >= 11 is 2.06. The van der Waals surface area contributed by atoms with Crippen LogP contribution in [0.5, 0.6) is 0 Å². The van der Waals surface area contributed by atoms with Gasteiger partial charge in [0.25, 0.3) is 0 Å². The van der Waals surface area contributed by atoms with Crippen LogP contribution in [0.2, 0.25) is 0 Å². The summed E-state index contributed by atoms with van der Waals surface area (Å²) in [5, 5.41) is 11.5. The molecule has 1 unspecified atom stereocenters. The molecule has 1 atom stereocenters. The molecule has 0 bridgehead atoms. The average molecular weight is 429 g/mol. The first-order valence-corrected chi connectivity index (χ1v) is 11.8. The van der Waals surface area contributed by atoms with Crippen molar-refractivity contribution in [1.82, 2.24) is 25.3 Å². The Morgan fingerprint density at radius 1 is 1.20 bits per heavy atom. The van der Waals surface area contributed by atoms with Gasteiger partial charge in [-0.25, -0.2) is 0 Å². The van der Waals surface area contributed by atoms with Crippen LogP contribution < -0.4 is 10.6 Å². The van der Waals surface area contributed by atoms with Crippen LogP contribution in [0, 0.1) is 0 Å². The molecule has 0 amide bonds. The van der Waals surface area contributed by atoms with Gasteiger partial charge in [-0.05, 0) is 29.4 Å². The van der Waals surface area contributed by atoms with Gasteiger partial charge in [0.05, 0.1) is 19.8 Å². The predicted octanol–water partition coefficient (Wildman–Crippen LogP) is 1.80. The molecule has 2 fully saturated rings. The molecule has 30 heavy (non-hydrogen) atoms. The minimum atomic E-state index is 0.198. The number of nitrogens with zero attached hydrogens (tertiary/aromatic N) is 4. The zero-order chi connectivity index (χ0) is 20.7. The summed E-state index contributed by atoms with van der Waals surface area (Å²) in [6, 6.07) is 10.5. The molecular weight excluding hydrogens is 396 g/mol. The van der Waals surface area contributed by atoms with Gasteiger partial charge < -0.3 is 15.4 Å². The number of guanidine groups is 1. The minimum absolute atomic E-state index is 0.198. The Kier molecular flexibility index (Phi) is 7.30. The van der Waals surface area contributed by atoms with E-state index in [2.05, 4.69) is 61.7 Å². The molecule has 2 aromatic rings. The molecule has 4 rings (SSSR count). The number of nitrogens with one attached hydrogen (secondary N) is 2. The molecule has 8 heteroatoms. The zero-order valence-electron chi connectivity index (χ0n) is 17.7. The van der Waals surface area contributed by atoms with Gasteiger partial charge in [0.15, 0.2) is 5.96 Å². The summed E-state index contributed by atoms with van der Waals surface area (Å²) in [4.78, 5) is 7.09. The first-order valence-electron chi connectivity index (χ1n) is 10.7. The average Bonchev–Trinajstić information content (AvgIpc) is 3.48. The molecule has 1 aromatic carbocycles. The lowest BCUT2D eigenvalue weighted by Crippen LogP contribution is -2.60. The molecule has 1 aromatic heterocycles. The number of rotatable bonds is 7. The van der Waals surface area contributed by atoms with Crippen molar-refractivity contribution < 1.29 is 4.74 Å². The van der Waals surface area contributed by atoms with Crippen molar-refractivity contribution in [3.8, 4) is 0 Å². The highest BCUT2D eigenvalue weighted by Gasteiger charge is 2.40. The SMILES string of the molecule is CN=C(NCc1ccccc1Cn1cccn1)NCC1(N2CCOCC2)CCSC1. The highest BCUT2D eigenvalue weighted by Crippen LogP contribution is 2.33. The molecule has 3 heterocycles. The Morgan fingerprint density at radius 2 is 2.03 bits per heavy atom. The Bertz CT molecular complexity index is 813. The van der Waals surface area contributed by atoms with Gasteiger partial charge in [-0.2, -0.15) is 16.9 Å². The number of benzene rings is 1. The number of morpholine rings is 1. The van der Waals surface area contributed by atoms with E-state index in [0.29, 0.717) is 0 Å². The van der Waals surface area contributed by atoms with Gasteiger partial charge in [0.1, 0.15) is 0 Å². The van der Waals surface area contributed by atoms with Gasteiger partial charge in [0.2, 0.25) is 0 Å². The van der Waals surface area contributed by atoms with E-state index < -0.39 is 0 Å². The lowest BCUT2D eigenvalue weighted by Gasteiger charge is -2.43. The molecule has 2 saturated heterocycles. The Balaban J connectivity index is 1.35. The maximum absolute atomic E-state index is 5.58. The molecule has 7 nitrogen and oxygen atoms in total. The van der Waals surface area contributed by atoms with E-state index in [-0.39, 0.29) is 5.54 Å². The number of hydrogen-bond acceptors (Lipinski definition) is 5. The summed E-state index contributed by atoms with van der Waals surface area (Å²) < 4.78 is 7.53. The fourth-order valence-electron chi connectivity index (χ4n) is 4.24. The smallest absolute Gasteiger partial charge is 0.191 e. The number of aromatic nitrogens is 2. The third kappa shape index (κ3) is 5.17. The first kappa shape index (κ1) is 21.2. The summed E-state index contributed by atoms with van der Waals surface area (Å²) in [7, 11) is 1.84. The van der Waals surface area contributed by atoms with Crippen molar-refractivity contribution in [2.45, 2.75) is 25.0 Å². The maximum atomic E-state index is 5.58. The van der Waals surface area contributed by atoms with Crippen molar-refractivity contribution in [2.75, 3.05) is 51.4 Å². The lowest BCUT2D eigenvalue weighted by atomic mass is 9.95. The van der Waals surface area contributed by atoms with Crippen LogP contribution >= 0.6 is 11.8 Å². The van der Waals surface area contributed by atoms with E-state index in [1.165, 1.54) is 29.1 Å². The van der Waals surface area contributed by atoms with Crippen LogP contribution in [-0.2, 0) is 17.8 Å². The Morgan fingerprint density at radius 3 is 2.73 bits per heavy atom. The topological polar surface area (TPSA) is 66.7 Å². The fourth-order valence-corrected chi connectivity index (χ4v) is 5.71. The quantitative estimate of drug-likeness (QED) is 0.518. The molecule has 162 valence electrons. The van der Waals surface area contributed by atoms with Crippen LogP contribution in [0.3, 0.4) is 0 Å². The van der Waals surface area contributed by atoms with Crippen molar-refractivity contribution in [1.29, 1.82) is 0 Å². The zero-order valence-corrected chi connectivity index (χ0v) is 18.5. The normalized spacial score (nSPS) is 22.9. The second kappa shape index (κ2) is 10.3. The second-order valence-electron chi connectivity index (χ2n) is 7.88. The van der Waals surface area contributed by atoms with E-state index in [4.69, 9.17) is 4.74 Å². The van der Waals surface area contributed by atoms with Crippen LogP contribution in [-0.4, -0.2) is 77.6 Å². The minimum Gasteiger partial charge on any atom is -0.379 e. The first-order chi connectivity index (χ1) is 14.8. The number of thioether (sulfide) groups is 1. The van der Waals surface area contributed by atoms with Crippen molar-refractivity contribution in [3.63, 3.8) is 0 Å². The van der Waals surface area contributed by atoms with Crippen LogP contribution in [0.4, 0.5) is 0 Å². The number of hydrogen-bond donors (Lipinski definition) is 2. The molecule has 0 radical (unpaired) electrons. The van der Waals surface area contributed by atoms with Crippen molar-refractivity contribution in [3.05, 3.63) is 53.9 Å². The molecule has 2 N–H and O–H groups in total. The van der Waals surface area contributed by atoms with Gasteiger partial charge in [0, 0.05) is 56.9 Å². The summed E-state index contributed by atoms with van der Waals surface area (Å²) in [5.41, 5.74) is 2.72. The lowest BCUT2D eigenvalue weighted by molar-refractivity contribution is -0.0120. The van der Waals surface area contributed by atoms with Gasteiger partial charge >= 0.3 is 0 Å². The monoisotopic (exact) mass is 428 g/mol. The van der Waals surface area contributed by atoms with E-state index in [0.717, 1.165) is 51.9 Å². The Labute approximate surface area is 183 Å².